The molecule has 0 spiro atoms. The minimum absolute atomic E-state index is 0.262. The van der Waals surface area contributed by atoms with Gasteiger partial charge in [0, 0.05) is 22.5 Å². The van der Waals surface area contributed by atoms with E-state index in [1.54, 1.807) is 67.8 Å². The Balaban J connectivity index is 1.73. The average molecular weight is 479 g/mol. The lowest BCUT2D eigenvalue weighted by molar-refractivity contribution is 0.101. The van der Waals surface area contributed by atoms with Crippen molar-refractivity contribution in [3.05, 3.63) is 71.8 Å². The maximum Gasteiger partial charge on any atom is 0.255 e. The lowest BCUT2D eigenvalue weighted by atomic mass is 10.1. The highest BCUT2D eigenvalue weighted by molar-refractivity contribution is 6.06. The first-order valence-electron chi connectivity index (χ1n) is 11.4. The molecule has 0 heterocycles. The maximum atomic E-state index is 13.0. The number of ether oxygens (including phenoxy) is 4. The van der Waals surface area contributed by atoms with E-state index in [9.17, 15) is 9.59 Å². The number of amides is 2. The Kier molecular flexibility index (Phi) is 8.95. The van der Waals surface area contributed by atoms with Crippen molar-refractivity contribution in [2.24, 2.45) is 0 Å². The van der Waals surface area contributed by atoms with E-state index in [1.165, 1.54) is 0 Å². The Hall–Kier alpha value is -4.20. The number of anilines is 2. The molecule has 3 aromatic rings. The van der Waals surface area contributed by atoms with Gasteiger partial charge in [0.15, 0.2) is 11.5 Å². The Morgan fingerprint density at radius 1 is 0.657 bits per heavy atom. The molecule has 0 saturated heterocycles. The fourth-order valence-corrected chi connectivity index (χ4v) is 3.31. The summed E-state index contributed by atoms with van der Waals surface area (Å²) >= 11 is 0. The summed E-state index contributed by atoms with van der Waals surface area (Å²) in [7, 11) is 1.58. The van der Waals surface area contributed by atoms with E-state index >= 15 is 0 Å². The van der Waals surface area contributed by atoms with E-state index in [0.29, 0.717) is 65.3 Å². The van der Waals surface area contributed by atoms with Gasteiger partial charge in [-0.25, -0.2) is 0 Å². The molecule has 0 atom stereocenters. The number of nitrogens with one attached hydrogen (secondary N) is 2. The summed E-state index contributed by atoms with van der Waals surface area (Å²) in [5.41, 5.74) is 2.01. The van der Waals surface area contributed by atoms with Crippen molar-refractivity contribution in [1.29, 1.82) is 0 Å². The molecule has 3 aromatic carbocycles. The lowest BCUT2D eigenvalue weighted by Gasteiger charge is -2.17. The maximum absolute atomic E-state index is 13.0. The van der Waals surface area contributed by atoms with Gasteiger partial charge < -0.3 is 29.6 Å². The molecule has 0 radical (unpaired) electrons. The molecule has 0 saturated carbocycles. The van der Waals surface area contributed by atoms with Crippen LogP contribution < -0.4 is 29.6 Å². The Morgan fingerprint density at radius 2 is 1.11 bits per heavy atom. The van der Waals surface area contributed by atoms with Gasteiger partial charge in [-0.3, -0.25) is 9.59 Å². The van der Waals surface area contributed by atoms with Crippen LogP contribution in [0.5, 0.6) is 23.0 Å². The summed E-state index contributed by atoms with van der Waals surface area (Å²) in [5.74, 6) is 1.46. The van der Waals surface area contributed by atoms with Crippen molar-refractivity contribution in [1.82, 2.24) is 0 Å². The molecule has 0 unspecified atom stereocenters. The Bertz CT molecular complexity index is 1120. The van der Waals surface area contributed by atoms with Gasteiger partial charge in [0.05, 0.1) is 26.9 Å². The standard InChI is InChI=1S/C27H30N2O6/c1-5-33-23-16-19(17-24(34-6-2)25(23)35-7-3)27(31)29-20-10-8-18(9-11-20)26(30)28-21-12-14-22(32-4)15-13-21/h8-17H,5-7H2,1-4H3,(H,28,30)(H,29,31). The van der Waals surface area contributed by atoms with Crippen molar-refractivity contribution in [2.45, 2.75) is 20.8 Å². The van der Waals surface area contributed by atoms with Crippen LogP contribution in [0.1, 0.15) is 41.5 Å². The van der Waals surface area contributed by atoms with Crippen molar-refractivity contribution in [2.75, 3.05) is 37.6 Å². The number of hydrogen-bond acceptors (Lipinski definition) is 6. The first-order valence-corrected chi connectivity index (χ1v) is 11.4. The predicted octanol–water partition coefficient (Wildman–Crippen LogP) is 5.40. The quantitative estimate of drug-likeness (QED) is 0.383. The van der Waals surface area contributed by atoms with Crippen LogP contribution in [0.15, 0.2) is 60.7 Å². The van der Waals surface area contributed by atoms with Crippen molar-refractivity contribution in [3.8, 4) is 23.0 Å². The molecule has 3 rings (SSSR count). The molecule has 8 heteroatoms. The lowest BCUT2D eigenvalue weighted by Crippen LogP contribution is -2.14. The molecule has 0 bridgehead atoms. The average Bonchev–Trinajstić information content (AvgIpc) is 2.87. The van der Waals surface area contributed by atoms with Crippen LogP contribution in [0.3, 0.4) is 0 Å². The minimum Gasteiger partial charge on any atom is -0.497 e. The molecular weight excluding hydrogens is 448 g/mol. The van der Waals surface area contributed by atoms with Gasteiger partial charge in [-0.05, 0) is 81.4 Å². The van der Waals surface area contributed by atoms with E-state index < -0.39 is 0 Å². The SMILES string of the molecule is CCOc1cc(C(=O)Nc2ccc(C(=O)Nc3ccc(OC)cc3)cc2)cc(OCC)c1OCC. The Labute approximate surface area is 205 Å². The molecule has 8 nitrogen and oxygen atoms in total. The topological polar surface area (TPSA) is 95.1 Å². The van der Waals surface area contributed by atoms with Gasteiger partial charge in [0.25, 0.3) is 11.8 Å². The summed E-state index contributed by atoms with van der Waals surface area (Å²) in [6, 6.07) is 16.9. The zero-order valence-electron chi connectivity index (χ0n) is 20.3. The van der Waals surface area contributed by atoms with E-state index in [2.05, 4.69) is 10.6 Å². The van der Waals surface area contributed by atoms with Crippen LogP contribution in [0.2, 0.25) is 0 Å². The number of hydrogen-bond donors (Lipinski definition) is 2. The largest absolute Gasteiger partial charge is 0.497 e. The first-order chi connectivity index (χ1) is 17.0. The third kappa shape index (κ3) is 6.66. The first kappa shape index (κ1) is 25.4. The summed E-state index contributed by atoms with van der Waals surface area (Å²) in [6.07, 6.45) is 0. The molecule has 35 heavy (non-hydrogen) atoms. The molecule has 0 aromatic heterocycles. The highest BCUT2D eigenvalue weighted by Gasteiger charge is 2.18. The second kappa shape index (κ2) is 12.3. The third-order valence-electron chi connectivity index (χ3n) is 4.92. The second-order valence-electron chi connectivity index (χ2n) is 7.31. The zero-order chi connectivity index (χ0) is 25.2. The van der Waals surface area contributed by atoms with Crippen LogP contribution in [0, 0.1) is 0 Å². The van der Waals surface area contributed by atoms with Crippen molar-refractivity contribution in [3.63, 3.8) is 0 Å². The molecule has 184 valence electrons. The van der Waals surface area contributed by atoms with Crippen LogP contribution in [-0.2, 0) is 0 Å². The zero-order valence-corrected chi connectivity index (χ0v) is 20.3. The summed E-state index contributed by atoms with van der Waals surface area (Å²) in [4.78, 5) is 25.5. The van der Waals surface area contributed by atoms with Crippen LogP contribution in [0.25, 0.3) is 0 Å². The van der Waals surface area contributed by atoms with Crippen molar-refractivity contribution >= 4 is 23.2 Å². The fraction of sp³-hybridized carbons (Fsp3) is 0.259. The van der Waals surface area contributed by atoms with Crippen LogP contribution in [-0.4, -0.2) is 38.7 Å². The number of benzene rings is 3. The fourth-order valence-electron chi connectivity index (χ4n) is 3.31. The molecule has 2 N–H and O–H groups in total. The van der Waals surface area contributed by atoms with Gasteiger partial charge >= 0.3 is 0 Å². The summed E-state index contributed by atoms with van der Waals surface area (Å²) in [5, 5.41) is 5.67. The number of rotatable bonds is 11. The van der Waals surface area contributed by atoms with Gasteiger partial charge in [0.2, 0.25) is 5.75 Å². The van der Waals surface area contributed by atoms with E-state index in [-0.39, 0.29) is 11.8 Å². The molecule has 0 aliphatic heterocycles. The van der Waals surface area contributed by atoms with Gasteiger partial charge in [-0.2, -0.15) is 0 Å². The number of carbonyl (C=O) groups excluding carboxylic acids is 2. The van der Waals surface area contributed by atoms with E-state index in [1.807, 2.05) is 20.8 Å². The van der Waals surface area contributed by atoms with E-state index in [0.717, 1.165) is 0 Å². The smallest absolute Gasteiger partial charge is 0.255 e. The molecule has 0 fully saturated rings. The highest BCUT2D eigenvalue weighted by atomic mass is 16.5. The molecule has 0 aliphatic rings. The number of carbonyl (C=O) groups is 2. The molecule has 2 amide bonds. The third-order valence-corrected chi connectivity index (χ3v) is 4.92. The molecule has 0 aliphatic carbocycles. The van der Waals surface area contributed by atoms with Gasteiger partial charge in [-0.15, -0.1) is 0 Å². The Morgan fingerprint density at radius 3 is 1.57 bits per heavy atom. The van der Waals surface area contributed by atoms with Gasteiger partial charge in [-0.1, -0.05) is 0 Å². The van der Waals surface area contributed by atoms with E-state index in [4.69, 9.17) is 18.9 Å². The molecular formula is C27H30N2O6. The predicted molar refractivity (Wildman–Crippen MR) is 135 cm³/mol. The minimum atomic E-state index is -0.342. The second-order valence-corrected chi connectivity index (χ2v) is 7.31. The van der Waals surface area contributed by atoms with Crippen LogP contribution in [0.4, 0.5) is 11.4 Å². The van der Waals surface area contributed by atoms with Gasteiger partial charge in [0.1, 0.15) is 5.75 Å². The highest BCUT2D eigenvalue weighted by Crippen LogP contribution is 2.39. The number of methoxy groups -OCH3 is 1. The van der Waals surface area contributed by atoms with Crippen molar-refractivity contribution < 1.29 is 28.5 Å². The summed E-state index contributed by atoms with van der Waals surface area (Å²) < 4.78 is 22.2. The summed E-state index contributed by atoms with van der Waals surface area (Å²) in [6.45, 7) is 6.84. The monoisotopic (exact) mass is 478 g/mol. The van der Waals surface area contributed by atoms with Crippen LogP contribution >= 0.6 is 0 Å². The normalized spacial score (nSPS) is 10.3.